The molecule has 1 atom stereocenters. The van der Waals surface area contributed by atoms with Crippen molar-refractivity contribution in [3.8, 4) is 5.75 Å². The fraction of sp³-hybridized carbons (Fsp3) is 0.480. The molecule has 0 N–H and O–H groups in total. The fourth-order valence-electron chi connectivity index (χ4n) is 3.84. The zero-order valence-electron chi connectivity index (χ0n) is 19.7. The minimum atomic E-state index is -0.757. The molecule has 1 unspecified atom stereocenters. The molecule has 1 aliphatic heterocycles. The monoisotopic (exact) mass is 460 g/mol. The molecule has 0 saturated carbocycles. The lowest BCUT2D eigenvalue weighted by atomic mass is 10.1. The zero-order valence-corrected chi connectivity index (χ0v) is 20.5. The minimum Gasteiger partial charge on any atom is -0.497 e. The molecule has 1 saturated heterocycles. The maximum absolute atomic E-state index is 13.1. The largest absolute Gasteiger partial charge is 0.497 e. The molecule has 0 radical (unpaired) electrons. The standard InChI is InChI=1S/C25H33ClN2O4/c1-24(2,3)32-23(29)28-21(17-31-25(28,4)5)16-27(20-9-7-8-19(26)14-20)15-18-10-12-22(30-6)13-11-18/h7-14,21H,15-17H2,1-6H3. The number of amides is 1. The van der Waals surface area contributed by atoms with Crippen molar-refractivity contribution in [2.24, 2.45) is 0 Å². The Balaban J connectivity index is 1.87. The van der Waals surface area contributed by atoms with Gasteiger partial charge in [-0.05, 0) is 70.5 Å². The molecule has 0 aromatic heterocycles. The van der Waals surface area contributed by atoms with E-state index in [9.17, 15) is 4.79 Å². The van der Waals surface area contributed by atoms with E-state index in [-0.39, 0.29) is 12.1 Å². The minimum absolute atomic E-state index is 0.183. The van der Waals surface area contributed by atoms with Crippen molar-refractivity contribution < 1.29 is 19.0 Å². The van der Waals surface area contributed by atoms with E-state index in [4.69, 9.17) is 25.8 Å². The van der Waals surface area contributed by atoms with Crippen LogP contribution < -0.4 is 9.64 Å². The van der Waals surface area contributed by atoms with Crippen molar-refractivity contribution in [2.75, 3.05) is 25.2 Å². The third-order valence-corrected chi connectivity index (χ3v) is 5.54. The van der Waals surface area contributed by atoms with Gasteiger partial charge in [-0.15, -0.1) is 0 Å². The van der Waals surface area contributed by atoms with Crippen LogP contribution in [0.1, 0.15) is 40.2 Å². The summed E-state index contributed by atoms with van der Waals surface area (Å²) < 4.78 is 17.0. The summed E-state index contributed by atoms with van der Waals surface area (Å²) in [5.74, 6) is 0.810. The topological polar surface area (TPSA) is 51.2 Å². The summed E-state index contributed by atoms with van der Waals surface area (Å²) in [6.45, 7) is 11.0. The van der Waals surface area contributed by atoms with Crippen LogP contribution in [0.2, 0.25) is 5.02 Å². The van der Waals surface area contributed by atoms with Crippen molar-refractivity contribution in [3.05, 3.63) is 59.1 Å². The van der Waals surface area contributed by atoms with Crippen LogP contribution in [0.25, 0.3) is 0 Å². The Kier molecular flexibility index (Phi) is 7.25. The average Bonchev–Trinajstić information content (AvgIpc) is 3.00. The number of nitrogens with zero attached hydrogens (tertiary/aromatic N) is 2. The Morgan fingerprint density at radius 2 is 1.91 bits per heavy atom. The second kappa shape index (κ2) is 9.59. The smallest absolute Gasteiger partial charge is 0.412 e. The molecule has 2 aromatic carbocycles. The zero-order chi connectivity index (χ0) is 23.5. The van der Waals surface area contributed by atoms with Crippen LogP contribution in [-0.2, 0) is 16.0 Å². The van der Waals surface area contributed by atoms with Crippen molar-refractivity contribution >= 4 is 23.4 Å². The van der Waals surface area contributed by atoms with Gasteiger partial charge in [-0.2, -0.15) is 0 Å². The average molecular weight is 461 g/mol. The van der Waals surface area contributed by atoms with Gasteiger partial charge in [0.1, 0.15) is 17.1 Å². The molecule has 1 aliphatic rings. The van der Waals surface area contributed by atoms with Crippen LogP contribution in [0.15, 0.2) is 48.5 Å². The van der Waals surface area contributed by atoms with Gasteiger partial charge in [0.25, 0.3) is 0 Å². The van der Waals surface area contributed by atoms with Gasteiger partial charge in [0.2, 0.25) is 0 Å². The van der Waals surface area contributed by atoms with E-state index >= 15 is 0 Å². The van der Waals surface area contributed by atoms with E-state index < -0.39 is 11.3 Å². The van der Waals surface area contributed by atoms with Gasteiger partial charge in [-0.25, -0.2) is 4.79 Å². The summed E-state index contributed by atoms with van der Waals surface area (Å²) in [4.78, 5) is 17.0. The summed E-state index contributed by atoms with van der Waals surface area (Å²) >= 11 is 6.29. The number of carbonyl (C=O) groups is 1. The number of hydrogen-bond acceptors (Lipinski definition) is 5. The normalized spacial score (nSPS) is 17.8. The number of hydrogen-bond donors (Lipinski definition) is 0. The van der Waals surface area contributed by atoms with E-state index in [0.29, 0.717) is 24.7 Å². The predicted molar refractivity (Wildman–Crippen MR) is 127 cm³/mol. The first-order chi connectivity index (χ1) is 15.0. The number of methoxy groups -OCH3 is 1. The molecule has 6 nitrogen and oxygen atoms in total. The number of halogens is 1. The molecular formula is C25H33ClN2O4. The molecule has 7 heteroatoms. The lowest BCUT2D eigenvalue weighted by molar-refractivity contribution is -0.0621. The maximum Gasteiger partial charge on any atom is 0.412 e. The fourth-order valence-corrected chi connectivity index (χ4v) is 4.02. The summed E-state index contributed by atoms with van der Waals surface area (Å²) in [5.41, 5.74) is 0.748. The van der Waals surface area contributed by atoms with Crippen LogP contribution in [-0.4, -0.2) is 48.6 Å². The van der Waals surface area contributed by atoms with Crippen molar-refractivity contribution in [1.82, 2.24) is 4.90 Å². The first kappa shape index (κ1) is 24.2. The molecule has 0 spiro atoms. The lowest BCUT2D eigenvalue weighted by Crippen LogP contribution is -2.53. The molecule has 2 aromatic rings. The van der Waals surface area contributed by atoms with Crippen LogP contribution >= 0.6 is 11.6 Å². The van der Waals surface area contributed by atoms with Gasteiger partial charge in [-0.1, -0.05) is 29.8 Å². The molecule has 0 bridgehead atoms. The molecule has 3 rings (SSSR count). The summed E-state index contributed by atoms with van der Waals surface area (Å²) in [5, 5.41) is 0.661. The third-order valence-electron chi connectivity index (χ3n) is 5.30. The van der Waals surface area contributed by atoms with Gasteiger partial charge >= 0.3 is 6.09 Å². The molecule has 1 amide bonds. The number of benzene rings is 2. The molecule has 32 heavy (non-hydrogen) atoms. The summed E-state index contributed by atoms with van der Waals surface area (Å²) in [7, 11) is 1.65. The van der Waals surface area contributed by atoms with Gasteiger partial charge in [-0.3, -0.25) is 4.90 Å². The third kappa shape index (κ3) is 6.08. The van der Waals surface area contributed by atoms with Gasteiger partial charge in [0.15, 0.2) is 0 Å². The molecule has 1 heterocycles. The Bertz CT molecular complexity index is 924. The molecule has 174 valence electrons. The second-order valence-electron chi connectivity index (χ2n) is 9.47. The number of carbonyl (C=O) groups excluding carboxylic acids is 1. The highest BCUT2D eigenvalue weighted by molar-refractivity contribution is 6.30. The highest BCUT2D eigenvalue weighted by Crippen LogP contribution is 2.32. The van der Waals surface area contributed by atoms with E-state index in [0.717, 1.165) is 17.0 Å². The second-order valence-corrected chi connectivity index (χ2v) is 9.91. The van der Waals surface area contributed by atoms with Gasteiger partial charge < -0.3 is 19.1 Å². The van der Waals surface area contributed by atoms with Crippen molar-refractivity contribution in [3.63, 3.8) is 0 Å². The van der Waals surface area contributed by atoms with Crippen LogP contribution in [0.3, 0.4) is 0 Å². The predicted octanol–water partition coefficient (Wildman–Crippen LogP) is 5.73. The van der Waals surface area contributed by atoms with Gasteiger partial charge in [0.05, 0.1) is 19.8 Å². The SMILES string of the molecule is COc1ccc(CN(CC2COC(C)(C)N2C(=O)OC(C)(C)C)c2cccc(Cl)c2)cc1. The van der Waals surface area contributed by atoms with Crippen LogP contribution in [0.4, 0.5) is 10.5 Å². The quantitative estimate of drug-likeness (QED) is 0.551. The van der Waals surface area contributed by atoms with Crippen molar-refractivity contribution in [1.29, 1.82) is 0 Å². The number of rotatable bonds is 6. The van der Waals surface area contributed by atoms with Crippen LogP contribution in [0.5, 0.6) is 5.75 Å². The highest BCUT2D eigenvalue weighted by atomic mass is 35.5. The van der Waals surface area contributed by atoms with Crippen molar-refractivity contribution in [2.45, 2.75) is 58.5 Å². The van der Waals surface area contributed by atoms with E-state index in [1.165, 1.54) is 0 Å². The molecule has 1 fully saturated rings. The Morgan fingerprint density at radius 3 is 2.50 bits per heavy atom. The van der Waals surface area contributed by atoms with E-state index in [1.807, 2.05) is 83.1 Å². The Hall–Kier alpha value is -2.44. The Labute approximate surface area is 196 Å². The first-order valence-corrected chi connectivity index (χ1v) is 11.2. The number of anilines is 1. The molecule has 0 aliphatic carbocycles. The van der Waals surface area contributed by atoms with E-state index in [1.54, 1.807) is 12.0 Å². The highest BCUT2D eigenvalue weighted by Gasteiger charge is 2.46. The van der Waals surface area contributed by atoms with E-state index in [2.05, 4.69) is 4.90 Å². The van der Waals surface area contributed by atoms with Gasteiger partial charge in [0, 0.05) is 23.8 Å². The Morgan fingerprint density at radius 1 is 1.22 bits per heavy atom. The summed E-state index contributed by atoms with van der Waals surface area (Å²) in [6, 6.07) is 15.5. The van der Waals surface area contributed by atoms with Crippen LogP contribution in [0, 0.1) is 0 Å². The molecular weight excluding hydrogens is 428 g/mol. The maximum atomic E-state index is 13.1. The summed E-state index contributed by atoms with van der Waals surface area (Å²) in [6.07, 6.45) is -0.375. The number of ether oxygens (including phenoxy) is 3. The lowest BCUT2D eigenvalue weighted by Gasteiger charge is -2.37. The first-order valence-electron chi connectivity index (χ1n) is 10.8.